The second-order valence-corrected chi connectivity index (χ2v) is 6.03. The largest absolute Gasteiger partial charge is 0.492 e. The Bertz CT molecular complexity index is 372. The maximum Gasteiger partial charge on any atom is 0.233 e. The highest BCUT2D eigenvalue weighted by molar-refractivity contribution is 5.33. The number of aromatic hydroxyl groups is 1. The van der Waals surface area contributed by atoms with Gasteiger partial charge in [0.2, 0.25) is 5.88 Å². The number of unbranched alkanes of at least 4 members (excludes halogenated alkanes) is 1. The van der Waals surface area contributed by atoms with E-state index >= 15 is 0 Å². The quantitative estimate of drug-likeness (QED) is 0.866. The van der Waals surface area contributed by atoms with E-state index in [0.29, 0.717) is 5.92 Å². The highest BCUT2D eigenvalue weighted by Gasteiger charge is 2.25. The molecule has 98 valence electrons. The molecule has 3 nitrogen and oxygen atoms in total. The standard InChI is InChI=1S/C14H26N2O/c1-7-8-9-11-12(10(2)3)16(14(4,5)6)15-13(11)17/h10H,7-9H2,1-6H3,(H,15,17). The van der Waals surface area contributed by atoms with Crippen molar-refractivity contribution in [1.29, 1.82) is 0 Å². The van der Waals surface area contributed by atoms with E-state index in [1.165, 1.54) is 5.69 Å². The van der Waals surface area contributed by atoms with Crippen LogP contribution in [0.2, 0.25) is 0 Å². The SMILES string of the molecule is CCCCc1c(O)nn(C(C)(C)C)c1C(C)C. The van der Waals surface area contributed by atoms with Crippen molar-refractivity contribution in [1.82, 2.24) is 9.78 Å². The average molecular weight is 238 g/mol. The van der Waals surface area contributed by atoms with Gasteiger partial charge in [0.25, 0.3) is 0 Å². The number of hydrogen-bond acceptors (Lipinski definition) is 2. The van der Waals surface area contributed by atoms with E-state index < -0.39 is 0 Å². The topological polar surface area (TPSA) is 38.1 Å². The molecule has 1 heterocycles. The molecular formula is C14H26N2O. The molecule has 0 saturated heterocycles. The summed E-state index contributed by atoms with van der Waals surface area (Å²) in [6.45, 7) is 12.8. The minimum atomic E-state index is -0.0818. The van der Waals surface area contributed by atoms with Gasteiger partial charge in [-0.3, -0.25) is 4.68 Å². The summed E-state index contributed by atoms with van der Waals surface area (Å²) in [5, 5.41) is 14.3. The van der Waals surface area contributed by atoms with Crippen molar-refractivity contribution in [2.75, 3.05) is 0 Å². The number of hydrogen-bond donors (Lipinski definition) is 1. The Kier molecular flexibility index (Phi) is 4.23. The van der Waals surface area contributed by atoms with Crippen LogP contribution >= 0.6 is 0 Å². The molecule has 0 atom stereocenters. The van der Waals surface area contributed by atoms with Crippen LogP contribution in [0.3, 0.4) is 0 Å². The third-order valence-electron chi connectivity index (χ3n) is 2.96. The van der Waals surface area contributed by atoms with E-state index in [9.17, 15) is 5.11 Å². The summed E-state index contributed by atoms with van der Waals surface area (Å²) in [5.74, 6) is 0.603. The molecule has 0 bridgehead atoms. The van der Waals surface area contributed by atoms with Gasteiger partial charge >= 0.3 is 0 Å². The van der Waals surface area contributed by atoms with Crippen LogP contribution in [0.15, 0.2) is 0 Å². The van der Waals surface area contributed by atoms with Crippen LogP contribution < -0.4 is 0 Å². The Morgan fingerprint density at radius 1 is 1.29 bits per heavy atom. The van der Waals surface area contributed by atoms with E-state index in [-0.39, 0.29) is 11.4 Å². The van der Waals surface area contributed by atoms with Crippen molar-refractivity contribution in [3.63, 3.8) is 0 Å². The maximum absolute atomic E-state index is 10.0. The highest BCUT2D eigenvalue weighted by Crippen LogP contribution is 2.32. The van der Waals surface area contributed by atoms with Crippen molar-refractivity contribution >= 4 is 0 Å². The molecule has 0 amide bonds. The average Bonchev–Trinajstić information content (AvgIpc) is 2.52. The van der Waals surface area contributed by atoms with Gasteiger partial charge in [0.05, 0.1) is 5.54 Å². The Morgan fingerprint density at radius 3 is 2.29 bits per heavy atom. The monoisotopic (exact) mass is 238 g/mol. The molecule has 17 heavy (non-hydrogen) atoms. The first-order chi connectivity index (χ1) is 7.79. The fourth-order valence-corrected chi connectivity index (χ4v) is 2.15. The third-order valence-corrected chi connectivity index (χ3v) is 2.96. The molecule has 0 saturated carbocycles. The van der Waals surface area contributed by atoms with Gasteiger partial charge in [0.15, 0.2) is 0 Å². The zero-order valence-electron chi connectivity index (χ0n) is 12.0. The van der Waals surface area contributed by atoms with Gasteiger partial charge < -0.3 is 5.11 Å². The van der Waals surface area contributed by atoms with Gasteiger partial charge in [-0.2, -0.15) is 0 Å². The zero-order chi connectivity index (χ0) is 13.2. The fraction of sp³-hybridized carbons (Fsp3) is 0.786. The van der Waals surface area contributed by atoms with Crippen LogP contribution in [0.5, 0.6) is 5.88 Å². The normalized spacial score (nSPS) is 12.4. The molecular weight excluding hydrogens is 212 g/mol. The van der Waals surface area contributed by atoms with Crippen molar-refractivity contribution in [3.05, 3.63) is 11.3 Å². The highest BCUT2D eigenvalue weighted by atomic mass is 16.3. The Balaban J connectivity index is 3.25. The Hall–Kier alpha value is -0.990. The minimum Gasteiger partial charge on any atom is -0.492 e. The summed E-state index contributed by atoms with van der Waals surface area (Å²) < 4.78 is 1.98. The third kappa shape index (κ3) is 3.02. The first kappa shape index (κ1) is 14.1. The van der Waals surface area contributed by atoms with E-state index in [1.54, 1.807) is 0 Å². The molecule has 0 aliphatic carbocycles. The predicted octanol–water partition coefficient (Wildman–Crippen LogP) is 3.81. The fourth-order valence-electron chi connectivity index (χ4n) is 2.15. The molecule has 0 spiro atoms. The summed E-state index contributed by atoms with van der Waals surface area (Å²) >= 11 is 0. The predicted molar refractivity (Wildman–Crippen MR) is 71.6 cm³/mol. The van der Waals surface area contributed by atoms with Crippen LogP contribution in [-0.4, -0.2) is 14.9 Å². The van der Waals surface area contributed by atoms with Gasteiger partial charge in [-0.15, -0.1) is 5.10 Å². The van der Waals surface area contributed by atoms with Crippen LogP contribution in [0.25, 0.3) is 0 Å². The number of aromatic nitrogens is 2. The van der Waals surface area contributed by atoms with Gasteiger partial charge in [0, 0.05) is 11.3 Å². The molecule has 0 unspecified atom stereocenters. The van der Waals surface area contributed by atoms with Gasteiger partial charge in [-0.25, -0.2) is 0 Å². The molecule has 3 heteroatoms. The summed E-state index contributed by atoms with van der Waals surface area (Å²) in [5.41, 5.74) is 2.14. The molecule has 0 radical (unpaired) electrons. The molecule has 0 aliphatic rings. The van der Waals surface area contributed by atoms with E-state index in [2.05, 4.69) is 46.6 Å². The second kappa shape index (κ2) is 5.11. The lowest BCUT2D eigenvalue weighted by molar-refractivity contribution is 0.325. The lowest BCUT2D eigenvalue weighted by Gasteiger charge is -2.24. The smallest absolute Gasteiger partial charge is 0.233 e. The van der Waals surface area contributed by atoms with Crippen LogP contribution in [0.4, 0.5) is 0 Å². The molecule has 1 N–H and O–H groups in total. The lowest BCUT2D eigenvalue weighted by atomic mass is 9.99. The zero-order valence-corrected chi connectivity index (χ0v) is 12.0. The van der Waals surface area contributed by atoms with Gasteiger partial charge in [-0.05, 0) is 39.5 Å². The number of nitrogens with zero attached hydrogens (tertiary/aromatic N) is 2. The van der Waals surface area contributed by atoms with Gasteiger partial charge in [-0.1, -0.05) is 27.2 Å². The summed E-state index contributed by atoms with van der Waals surface area (Å²) in [6.07, 6.45) is 3.16. The van der Waals surface area contributed by atoms with Crippen LogP contribution in [0, 0.1) is 0 Å². The molecule has 0 fully saturated rings. The molecule has 0 aromatic carbocycles. The summed E-state index contributed by atoms with van der Waals surface area (Å²) in [4.78, 5) is 0. The number of rotatable bonds is 4. The van der Waals surface area contributed by atoms with Crippen molar-refractivity contribution in [2.24, 2.45) is 0 Å². The summed E-state index contributed by atoms with van der Waals surface area (Å²) in [6, 6.07) is 0. The molecule has 1 rings (SSSR count). The van der Waals surface area contributed by atoms with E-state index in [0.717, 1.165) is 24.8 Å². The van der Waals surface area contributed by atoms with E-state index in [4.69, 9.17) is 0 Å². The first-order valence-electron chi connectivity index (χ1n) is 6.60. The lowest BCUT2D eigenvalue weighted by Crippen LogP contribution is -2.26. The minimum absolute atomic E-state index is 0.0818. The van der Waals surface area contributed by atoms with Crippen molar-refractivity contribution < 1.29 is 5.11 Å². The Morgan fingerprint density at radius 2 is 1.88 bits per heavy atom. The molecule has 0 aliphatic heterocycles. The Labute approximate surface area is 105 Å². The van der Waals surface area contributed by atoms with Gasteiger partial charge in [0.1, 0.15) is 0 Å². The molecule has 1 aromatic rings. The van der Waals surface area contributed by atoms with Crippen molar-refractivity contribution in [3.8, 4) is 5.88 Å². The van der Waals surface area contributed by atoms with Crippen LogP contribution in [0.1, 0.15) is 71.6 Å². The second-order valence-electron chi connectivity index (χ2n) is 6.03. The van der Waals surface area contributed by atoms with Crippen LogP contribution in [-0.2, 0) is 12.0 Å². The first-order valence-corrected chi connectivity index (χ1v) is 6.60. The summed E-state index contributed by atoms with van der Waals surface area (Å²) in [7, 11) is 0. The van der Waals surface area contributed by atoms with Crippen molar-refractivity contribution in [2.45, 2.75) is 72.3 Å². The van der Waals surface area contributed by atoms with E-state index in [1.807, 2.05) is 4.68 Å². The maximum atomic E-state index is 10.0. The molecule has 1 aromatic heterocycles.